The normalized spacial score (nSPS) is 10.7. The molecule has 0 fully saturated rings. The summed E-state index contributed by atoms with van der Waals surface area (Å²) in [5.74, 6) is -2.46. The third kappa shape index (κ3) is 7.03. The van der Waals surface area contributed by atoms with Crippen LogP contribution in [0.4, 0.5) is 5.69 Å². The average Bonchev–Trinajstić information content (AvgIpc) is 2.78. The van der Waals surface area contributed by atoms with E-state index in [2.05, 4.69) is 31.8 Å². The van der Waals surface area contributed by atoms with E-state index in [1.54, 1.807) is 36.4 Å². The molecule has 0 heterocycles. The lowest BCUT2D eigenvalue weighted by Crippen LogP contribution is -2.32. The fraction of sp³-hybridized carbons (Fsp3) is 0. The number of halogens is 4. The van der Waals surface area contributed by atoms with Crippen LogP contribution in [0, 0.1) is 0 Å². The molecule has 33 heavy (non-hydrogen) atoms. The van der Waals surface area contributed by atoms with Gasteiger partial charge in [0.2, 0.25) is 0 Å². The van der Waals surface area contributed by atoms with E-state index < -0.39 is 17.8 Å². The number of hydrazone groups is 1. The summed E-state index contributed by atoms with van der Waals surface area (Å²) in [6, 6.07) is 15.5. The second-order valence-corrected chi connectivity index (χ2v) is 8.55. The minimum atomic E-state index is -1.04. The Kier molecular flexibility index (Phi) is 8.46. The monoisotopic (exact) mass is 567 g/mol. The van der Waals surface area contributed by atoms with Gasteiger partial charge in [-0.3, -0.25) is 9.59 Å². The number of rotatable bonds is 5. The van der Waals surface area contributed by atoms with Crippen LogP contribution in [0.1, 0.15) is 15.9 Å². The van der Waals surface area contributed by atoms with Crippen molar-refractivity contribution in [3.8, 4) is 5.75 Å². The summed E-state index contributed by atoms with van der Waals surface area (Å²) in [5, 5.41) is 7.14. The highest BCUT2D eigenvalue weighted by Gasteiger charge is 2.15. The van der Waals surface area contributed by atoms with E-state index in [1.165, 1.54) is 30.5 Å². The Labute approximate surface area is 211 Å². The van der Waals surface area contributed by atoms with Crippen molar-refractivity contribution in [2.75, 3.05) is 5.32 Å². The highest BCUT2D eigenvalue weighted by atomic mass is 79.9. The van der Waals surface area contributed by atoms with Crippen LogP contribution in [0.2, 0.25) is 15.1 Å². The van der Waals surface area contributed by atoms with Gasteiger partial charge in [0, 0.05) is 20.1 Å². The van der Waals surface area contributed by atoms with Gasteiger partial charge in [-0.25, -0.2) is 10.2 Å². The number of esters is 1. The van der Waals surface area contributed by atoms with Crippen LogP contribution >= 0.6 is 50.7 Å². The first kappa shape index (κ1) is 24.7. The van der Waals surface area contributed by atoms with Crippen molar-refractivity contribution in [3.05, 3.63) is 91.3 Å². The zero-order chi connectivity index (χ0) is 24.0. The van der Waals surface area contributed by atoms with E-state index in [1.807, 2.05) is 0 Å². The lowest BCUT2D eigenvalue weighted by Gasteiger charge is -2.08. The van der Waals surface area contributed by atoms with Crippen LogP contribution in [-0.2, 0) is 9.59 Å². The Morgan fingerprint density at radius 2 is 1.58 bits per heavy atom. The molecule has 0 aliphatic rings. The van der Waals surface area contributed by atoms with Crippen LogP contribution in [0.15, 0.2) is 70.2 Å². The molecule has 0 unspecified atom stereocenters. The molecule has 3 aromatic carbocycles. The number of hydrogen-bond acceptors (Lipinski definition) is 5. The van der Waals surface area contributed by atoms with E-state index in [9.17, 15) is 14.4 Å². The van der Waals surface area contributed by atoms with E-state index >= 15 is 0 Å². The van der Waals surface area contributed by atoms with E-state index in [-0.39, 0.29) is 16.5 Å². The molecule has 2 N–H and O–H groups in total. The Morgan fingerprint density at radius 1 is 0.879 bits per heavy atom. The molecule has 0 aromatic heterocycles. The van der Waals surface area contributed by atoms with Gasteiger partial charge in [0.15, 0.2) is 0 Å². The molecule has 0 aliphatic heterocycles. The van der Waals surface area contributed by atoms with Gasteiger partial charge in [0.05, 0.1) is 22.5 Å². The highest BCUT2D eigenvalue weighted by molar-refractivity contribution is 9.10. The summed E-state index contributed by atoms with van der Waals surface area (Å²) < 4.78 is 6.10. The van der Waals surface area contributed by atoms with Crippen LogP contribution < -0.4 is 15.5 Å². The van der Waals surface area contributed by atoms with Crippen molar-refractivity contribution < 1.29 is 19.1 Å². The predicted molar refractivity (Wildman–Crippen MR) is 131 cm³/mol. The first-order valence-electron chi connectivity index (χ1n) is 9.09. The number of nitrogens with one attached hydrogen (secondary N) is 2. The van der Waals surface area contributed by atoms with Gasteiger partial charge in [-0.05, 0) is 60.7 Å². The smallest absolute Gasteiger partial charge is 0.343 e. The number of benzene rings is 3. The van der Waals surface area contributed by atoms with Crippen molar-refractivity contribution >= 4 is 80.4 Å². The average molecular weight is 570 g/mol. The lowest BCUT2D eigenvalue weighted by atomic mass is 10.2. The molecule has 3 rings (SSSR count). The quantitative estimate of drug-likeness (QED) is 0.135. The fourth-order valence-corrected chi connectivity index (χ4v) is 3.28. The number of nitrogens with zero attached hydrogens (tertiary/aromatic N) is 1. The Hall–Kier alpha value is -2.91. The molecule has 7 nitrogen and oxygen atoms in total. The van der Waals surface area contributed by atoms with Crippen LogP contribution in [0.5, 0.6) is 5.75 Å². The molecule has 2 amide bonds. The Bertz CT molecular complexity index is 1250. The standard InChI is InChI=1S/C22H13BrCl3N3O4/c23-14-3-8-19(33-22(32)12-1-4-15(24)5-2-12)13(9-14)11-27-29-21(31)20(30)28-18-10-16(25)6-7-17(18)26/h1-11H,(H,28,30)(H,29,31)/b27-11+. The molecule has 0 saturated heterocycles. The van der Waals surface area contributed by atoms with Crippen molar-refractivity contribution in [2.45, 2.75) is 0 Å². The number of carbonyl (C=O) groups excluding carboxylic acids is 3. The predicted octanol–water partition coefficient (Wildman–Crippen LogP) is 5.72. The summed E-state index contributed by atoms with van der Waals surface area (Å²) in [7, 11) is 0. The van der Waals surface area contributed by atoms with Gasteiger partial charge in [0.25, 0.3) is 0 Å². The summed E-state index contributed by atoms with van der Waals surface area (Å²) in [5.41, 5.74) is 2.94. The number of amides is 2. The third-order valence-electron chi connectivity index (χ3n) is 4.01. The molecule has 0 aliphatic carbocycles. The number of hydrogen-bond donors (Lipinski definition) is 2. The van der Waals surface area contributed by atoms with E-state index in [0.717, 1.165) is 0 Å². The first-order chi connectivity index (χ1) is 15.7. The van der Waals surface area contributed by atoms with Crippen molar-refractivity contribution in [1.29, 1.82) is 0 Å². The zero-order valence-electron chi connectivity index (χ0n) is 16.4. The maximum atomic E-state index is 12.4. The number of anilines is 1. The topological polar surface area (TPSA) is 96.9 Å². The maximum absolute atomic E-state index is 12.4. The second-order valence-electron chi connectivity index (χ2n) is 6.36. The SMILES string of the molecule is O=C(N/N=C/c1cc(Br)ccc1OC(=O)c1ccc(Cl)cc1)C(=O)Nc1cc(Cl)ccc1Cl. The number of carbonyl (C=O) groups is 3. The van der Waals surface area contributed by atoms with Gasteiger partial charge >= 0.3 is 17.8 Å². The van der Waals surface area contributed by atoms with E-state index in [4.69, 9.17) is 39.5 Å². The van der Waals surface area contributed by atoms with Crippen molar-refractivity contribution in [1.82, 2.24) is 5.43 Å². The molecule has 0 atom stereocenters. The summed E-state index contributed by atoms with van der Waals surface area (Å²) in [4.78, 5) is 36.5. The van der Waals surface area contributed by atoms with Crippen molar-refractivity contribution in [3.63, 3.8) is 0 Å². The Balaban J connectivity index is 1.67. The highest BCUT2D eigenvalue weighted by Crippen LogP contribution is 2.25. The van der Waals surface area contributed by atoms with Crippen LogP contribution in [-0.4, -0.2) is 24.0 Å². The molecular weight excluding hydrogens is 557 g/mol. The largest absolute Gasteiger partial charge is 0.422 e. The van der Waals surface area contributed by atoms with Crippen LogP contribution in [0.3, 0.4) is 0 Å². The summed E-state index contributed by atoms with van der Waals surface area (Å²) in [6.07, 6.45) is 1.23. The molecule has 168 valence electrons. The maximum Gasteiger partial charge on any atom is 0.343 e. The van der Waals surface area contributed by atoms with Gasteiger partial charge in [0.1, 0.15) is 5.75 Å². The molecule has 11 heteroatoms. The van der Waals surface area contributed by atoms with Gasteiger partial charge in [-0.2, -0.15) is 5.10 Å². The second kappa shape index (κ2) is 11.3. The zero-order valence-corrected chi connectivity index (χ0v) is 20.3. The molecule has 0 radical (unpaired) electrons. The minimum Gasteiger partial charge on any atom is -0.422 e. The van der Waals surface area contributed by atoms with Crippen molar-refractivity contribution in [2.24, 2.45) is 5.10 Å². The fourth-order valence-electron chi connectivity index (χ4n) is 2.44. The Morgan fingerprint density at radius 3 is 2.30 bits per heavy atom. The molecule has 0 spiro atoms. The molecular formula is C22H13BrCl3N3O4. The molecule has 3 aromatic rings. The van der Waals surface area contributed by atoms with Gasteiger partial charge < -0.3 is 10.1 Å². The van der Waals surface area contributed by atoms with E-state index in [0.29, 0.717) is 25.6 Å². The summed E-state index contributed by atoms with van der Waals surface area (Å²) in [6.45, 7) is 0. The van der Waals surface area contributed by atoms with Gasteiger partial charge in [-0.15, -0.1) is 0 Å². The lowest BCUT2D eigenvalue weighted by molar-refractivity contribution is -0.136. The van der Waals surface area contributed by atoms with Gasteiger partial charge in [-0.1, -0.05) is 50.7 Å². The van der Waals surface area contributed by atoms with Crippen LogP contribution in [0.25, 0.3) is 0 Å². The minimum absolute atomic E-state index is 0.177. The molecule has 0 saturated carbocycles. The summed E-state index contributed by atoms with van der Waals surface area (Å²) >= 11 is 21.0. The first-order valence-corrected chi connectivity index (χ1v) is 11.0. The number of ether oxygens (including phenoxy) is 1. The molecule has 0 bridgehead atoms. The third-order valence-corrected chi connectivity index (χ3v) is 5.32.